The Morgan fingerprint density at radius 1 is 1.07 bits per heavy atom. The minimum atomic E-state index is -3.87. The van der Waals surface area contributed by atoms with E-state index in [1.807, 2.05) is 24.3 Å². The Kier molecular flexibility index (Phi) is 5.81. The van der Waals surface area contributed by atoms with Crippen molar-refractivity contribution in [3.8, 4) is 0 Å². The monoisotopic (exact) mass is 401 g/mol. The Bertz CT molecular complexity index is 987. The average Bonchev–Trinajstić information content (AvgIpc) is 3.04. The van der Waals surface area contributed by atoms with Crippen LogP contribution in [0, 0.1) is 0 Å². The zero-order valence-electron chi connectivity index (χ0n) is 15.7. The number of nitrogens with one attached hydrogen (secondary N) is 3. The molecule has 0 bridgehead atoms. The molecular weight excluding hydrogens is 378 g/mol. The van der Waals surface area contributed by atoms with E-state index in [4.69, 9.17) is 0 Å². The van der Waals surface area contributed by atoms with E-state index in [1.165, 1.54) is 43.7 Å². The van der Waals surface area contributed by atoms with Gasteiger partial charge in [-0.05, 0) is 55.2 Å². The van der Waals surface area contributed by atoms with Crippen molar-refractivity contribution in [2.45, 2.75) is 43.7 Å². The number of sulfonamides is 1. The molecule has 3 N–H and O–H groups in total. The van der Waals surface area contributed by atoms with Gasteiger partial charge in [0.15, 0.2) is 0 Å². The highest BCUT2D eigenvalue weighted by Crippen LogP contribution is 2.30. The molecule has 3 rings (SSSR count). The molecule has 2 aromatic rings. The maximum Gasteiger partial charge on any atom is 0.241 e. The molecule has 0 radical (unpaired) electrons. The third-order valence-electron chi connectivity index (χ3n) is 4.66. The molecule has 0 aromatic heterocycles. The molecule has 0 fully saturated rings. The summed E-state index contributed by atoms with van der Waals surface area (Å²) in [6.45, 7) is 2.88. The summed E-state index contributed by atoms with van der Waals surface area (Å²) in [6, 6.07) is 12.7. The van der Waals surface area contributed by atoms with E-state index in [9.17, 15) is 18.0 Å². The standard InChI is InChI=1S/C20H23N3O4S/c1-13(20(25)22-19-12-7-15-5-3-4-6-18(15)19)23-28(26,27)17-10-8-16(9-11-17)21-14(2)24/h3-6,8-11,13,19,23H,7,12H2,1-2H3,(H,21,24)(H,22,25)/t13-,19?/m0/s1. The SMILES string of the molecule is CC(=O)Nc1ccc(S(=O)(=O)N[C@@H](C)C(=O)NC2CCc3ccccc32)cc1. The van der Waals surface area contributed by atoms with Gasteiger partial charge in [0.05, 0.1) is 17.0 Å². The highest BCUT2D eigenvalue weighted by Gasteiger charge is 2.27. The van der Waals surface area contributed by atoms with Crippen LogP contribution in [-0.4, -0.2) is 26.3 Å². The Balaban J connectivity index is 1.63. The molecule has 0 aliphatic heterocycles. The molecule has 0 heterocycles. The van der Waals surface area contributed by atoms with Crippen molar-refractivity contribution in [2.75, 3.05) is 5.32 Å². The molecule has 148 valence electrons. The van der Waals surface area contributed by atoms with Gasteiger partial charge in [0, 0.05) is 12.6 Å². The number of benzene rings is 2. The molecule has 0 spiro atoms. The summed E-state index contributed by atoms with van der Waals surface area (Å²) in [5.41, 5.74) is 2.79. The molecule has 1 aliphatic carbocycles. The zero-order chi connectivity index (χ0) is 20.3. The molecule has 0 saturated carbocycles. The molecule has 1 unspecified atom stereocenters. The first-order chi connectivity index (χ1) is 13.3. The predicted octanol–water partition coefficient (Wildman–Crippen LogP) is 2.12. The van der Waals surface area contributed by atoms with Crippen molar-refractivity contribution >= 4 is 27.5 Å². The van der Waals surface area contributed by atoms with Crippen LogP contribution in [0.1, 0.15) is 37.4 Å². The van der Waals surface area contributed by atoms with Gasteiger partial charge in [0.2, 0.25) is 21.8 Å². The fraction of sp³-hybridized carbons (Fsp3) is 0.300. The van der Waals surface area contributed by atoms with Crippen LogP contribution in [0.15, 0.2) is 53.4 Å². The molecule has 2 amide bonds. The fourth-order valence-corrected chi connectivity index (χ4v) is 4.48. The predicted molar refractivity (Wildman–Crippen MR) is 106 cm³/mol. The van der Waals surface area contributed by atoms with E-state index in [-0.39, 0.29) is 22.8 Å². The summed E-state index contributed by atoms with van der Waals surface area (Å²) in [5.74, 6) is -0.618. The van der Waals surface area contributed by atoms with Crippen LogP contribution in [0.4, 0.5) is 5.69 Å². The van der Waals surface area contributed by atoms with Crippen LogP contribution in [0.3, 0.4) is 0 Å². The van der Waals surface area contributed by atoms with Crippen LogP contribution < -0.4 is 15.4 Å². The van der Waals surface area contributed by atoms with Gasteiger partial charge in [0.25, 0.3) is 0 Å². The van der Waals surface area contributed by atoms with Crippen molar-refractivity contribution in [3.63, 3.8) is 0 Å². The third-order valence-corrected chi connectivity index (χ3v) is 6.22. The Morgan fingerprint density at radius 2 is 1.75 bits per heavy atom. The van der Waals surface area contributed by atoms with Gasteiger partial charge in [-0.25, -0.2) is 8.42 Å². The van der Waals surface area contributed by atoms with Crippen LogP contribution in [0.2, 0.25) is 0 Å². The van der Waals surface area contributed by atoms with Crippen molar-refractivity contribution in [1.82, 2.24) is 10.0 Å². The minimum Gasteiger partial charge on any atom is -0.348 e. The highest BCUT2D eigenvalue weighted by atomic mass is 32.2. The second-order valence-electron chi connectivity index (χ2n) is 6.85. The number of carbonyl (C=O) groups excluding carboxylic acids is 2. The van der Waals surface area contributed by atoms with Crippen molar-refractivity contribution < 1.29 is 18.0 Å². The summed E-state index contributed by atoms with van der Waals surface area (Å²) in [5, 5.41) is 5.50. The third kappa shape index (κ3) is 4.58. The highest BCUT2D eigenvalue weighted by molar-refractivity contribution is 7.89. The first-order valence-corrected chi connectivity index (χ1v) is 10.5. The summed E-state index contributed by atoms with van der Waals surface area (Å²) in [6.07, 6.45) is 1.69. The maximum atomic E-state index is 12.5. The van der Waals surface area contributed by atoms with Crippen molar-refractivity contribution in [2.24, 2.45) is 0 Å². The Labute approximate surface area is 164 Å². The second-order valence-corrected chi connectivity index (χ2v) is 8.56. The number of carbonyl (C=O) groups is 2. The van der Waals surface area contributed by atoms with Gasteiger partial charge in [-0.2, -0.15) is 4.72 Å². The van der Waals surface area contributed by atoms with Crippen molar-refractivity contribution in [3.05, 3.63) is 59.7 Å². The number of hydrogen-bond acceptors (Lipinski definition) is 4. The number of aryl methyl sites for hydroxylation is 1. The number of amides is 2. The molecule has 28 heavy (non-hydrogen) atoms. The first-order valence-electron chi connectivity index (χ1n) is 9.04. The minimum absolute atomic E-state index is 0.0208. The summed E-state index contributed by atoms with van der Waals surface area (Å²) < 4.78 is 27.5. The number of fused-ring (bicyclic) bond motifs is 1. The van der Waals surface area contributed by atoms with Crippen molar-refractivity contribution in [1.29, 1.82) is 0 Å². The van der Waals surface area contributed by atoms with E-state index in [0.29, 0.717) is 5.69 Å². The lowest BCUT2D eigenvalue weighted by molar-refractivity contribution is -0.123. The van der Waals surface area contributed by atoms with Crippen LogP contribution in [0.25, 0.3) is 0 Å². The Hall–Kier alpha value is -2.71. The van der Waals surface area contributed by atoms with E-state index in [1.54, 1.807) is 0 Å². The van der Waals surface area contributed by atoms with Gasteiger partial charge in [-0.3, -0.25) is 9.59 Å². The number of anilines is 1. The van der Waals surface area contributed by atoms with E-state index < -0.39 is 16.1 Å². The zero-order valence-corrected chi connectivity index (χ0v) is 16.5. The van der Waals surface area contributed by atoms with Gasteiger partial charge in [0.1, 0.15) is 0 Å². The molecule has 1 aliphatic rings. The molecule has 8 heteroatoms. The maximum absolute atomic E-state index is 12.5. The lowest BCUT2D eigenvalue weighted by Crippen LogP contribution is -2.45. The van der Waals surface area contributed by atoms with E-state index in [0.717, 1.165) is 18.4 Å². The fourth-order valence-electron chi connectivity index (χ4n) is 3.28. The average molecular weight is 401 g/mol. The number of hydrogen-bond donors (Lipinski definition) is 3. The summed E-state index contributed by atoms with van der Waals surface area (Å²) in [4.78, 5) is 23.6. The molecule has 0 saturated heterocycles. The quantitative estimate of drug-likeness (QED) is 0.690. The van der Waals surface area contributed by atoms with E-state index >= 15 is 0 Å². The summed E-state index contributed by atoms with van der Waals surface area (Å²) in [7, 11) is -3.87. The van der Waals surface area contributed by atoms with Crippen LogP contribution in [0.5, 0.6) is 0 Å². The summed E-state index contributed by atoms with van der Waals surface area (Å²) >= 11 is 0. The van der Waals surface area contributed by atoms with Gasteiger partial charge >= 0.3 is 0 Å². The van der Waals surface area contributed by atoms with E-state index in [2.05, 4.69) is 15.4 Å². The largest absolute Gasteiger partial charge is 0.348 e. The lowest BCUT2D eigenvalue weighted by Gasteiger charge is -2.19. The van der Waals surface area contributed by atoms with Crippen LogP contribution in [-0.2, 0) is 26.0 Å². The van der Waals surface area contributed by atoms with Crippen LogP contribution >= 0.6 is 0 Å². The lowest BCUT2D eigenvalue weighted by atomic mass is 10.1. The molecular formula is C20H23N3O4S. The smallest absolute Gasteiger partial charge is 0.241 e. The van der Waals surface area contributed by atoms with Gasteiger partial charge < -0.3 is 10.6 Å². The first kappa shape index (κ1) is 20.0. The topological polar surface area (TPSA) is 104 Å². The van der Waals surface area contributed by atoms with Gasteiger partial charge in [-0.15, -0.1) is 0 Å². The number of rotatable bonds is 6. The molecule has 2 atom stereocenters. The molecule has 7 nitrogen and oxygen atoms in total. The Morgan fingerprint density at radius 3 is 2.43 bits per heavy atom. The second kappa shape index (κ2) is 8.12. The molecule has 2 aromatic carbocycles. The normalized spacial score (nSPS) is 16.9. The van der Waals surface area contributed by atoms with Gasteiger partial charge in [-0.1, -0.05) is 24.3 Å².